The van der Waals surface area contributed by atoms with Gasteiger partial charge in [-0.1, -0.05) is 48.5 Å². The van der Waals surface area contributed by atoms with Crippen LogP contribution in [-0.2, 0) is 4.79 Å². The molecule has 33 heavy (non-hydrogen) atoms. The summed E-state index contributed by atoms with van der Waals surface area (Å²) in [4.78, 5) is 40.8. The number of nitro groups is 1. The largest absolute Gasteiger partial charge is 0.336 e. The van der Waals surface area contributed by atoms with Gasteiger partial charge in [-0.3, -0.25) is 19.7 Å². The van der Waals surface area contributed by atoms with Crippen LogP contribution in [0.15, 0.2) is 91.5 Å². The topological polar surface area (TPSA) is 132 Å². The molecule has 1 atom stereocenters. The Bertz CT molecular complexity index is 1280. The summed E-state index contributed by atoms with van der Waals surface area (Å²) in [5, 5.41) is 21.0. The van der Waals surface area contributed by atoms with E-state index in [0.717, 1.165) is 6.07 Å². The van der Waals surface area contributed by atoms with Gasteiger partial charge in [0.25, 0.3) is 17.5 Å². The van der Waals surface area contributed by atoms with Crippen molar-refractivity contribution in [2.24, 2.45) is 0 Å². The van der Waals surface area contributed by atoms with E-state index in [2.05, 4.69) is 20.7 Å². The fourth-order valence-corrected chi connectivity index (χ4v) is 3.23. The molecule has 4 aromatic rings. The van der Waals surface area contributed by atoms with E-state index in [1.54, 1.807) is 54.6 Å². The SMILES string of the molecule is O=C(NC(C(=O)Nc1ccccc1)c1ccccc1)c1ccc(-n2cncn2)c([N+](=O)[O-])c1. The van der Waals surface area contributed by atoms with E-state index in [9.17, 15) is 19.7 Å². The van der Waals surface area contributed by atoms with Gasteiger partial charge in [0, 0.05) is 17.3 Å². The Kier molecular flexibility index (Phi) is 6.17. The first-order valence-corrected chi connectivity index (χ1v) is 9.88. The molecule has 0 bridgehead atoms. The number of benzene rings is 3. The van der Waals surface area contributed by atoms with Crippen LogP contribution in [0.5, 0.6) is 0 Å². The van der Waals surface area contributed by atoms with E-state index in [4.69, 9.17) is 0 Å². The number of anilines is 1. The zero-order valence-electron chi connectivity index (χ0n) is 17.2. The van der Waals surface area contributed by atoms with Crippen molar-refractivity contribution in [3.8, 4) is 5.69 Å². The summed E-state index contributed by atoms with van der Waals surface area (Å²) >= 11 is 0. The fourth-order valence-electron chi connectivity index (χ4n) is 3.23. The molecule has 1 heterocycles. The van der Waals surface area contributed by atoms with Gasteiger partial charge in [0.15, 0.2) is 0 Å². The lowest BCUT2D eigenvalue weighted by Gasteiger charge is -2.19. The Morgan fingerprint density at radius 3 is 2.30 bits per heavy atom. The van der Waals surface area contributed by atoms with Gasteiger partial charge in [0.05, 0.1) is 4.92 Å². The molecule has 10 heteroatoms. The van der Waals surface area contributed by atoms with Gasteiger partial charge in [0.2, 0.25) is 0 Å². The number of carbonyl (C=O) groups excluding carboxylic acids is 2. The van der Waals surface area contributed by atoms with Gasteiger partial charge in [0.1, 0.15) is 24.4 Å². The zero-order chi connectivity index (χ0) is 23.2. The lowest BCUT2D eigenvalue weighted by Crippen LogP contribution is -2.37. The van der Waals surface area contributed by atoms with Gasteiger partial charge in [-0.2, -0.15) is 5.10 Å². The minimum Gasteiger partial charge on any atom is -0.336 e. The molecule has 164 valence electrons. The number of aromatic nitrogens is 3. The molecule has 0 saturated carbocycles. The molecular formula is C23H18N6O4. The Balaban J connectivity index is 1.62. The molecule has 0 aliphatic rings. The molecule has 10 nitrogen and oxygen atoms in total. The van der Waals surface area contributed by atoms with E-state index < -0.39 is 22.8 Å². The van der Waals surface area contributed by atoms with Crippen LogP contribution in [0.2, 0.25) is 0 Å². The highest BCUT2D eigenvalue weighted by Crippen LogP contribution is 2.24. The molecule has 4 rings (SSSR count). The van der Waals surface area contributed by atoms with E-state index in [-0.39, 0.29) is 16.9 Å². The monoisotopic (exact) mass is 442 g/mol. The van der Waals surface area contributed by atoms with Crippen LogP contribution in [0.25, 0.3) is 5.69 Å². The van der Waals surface area contributed by atoms with Crippen LogP contribution in [0, 0.1) is 10.1 Å². The second-order valence-corrected chi connectivity index (χ2v) is 6.97. The van der Waals surface area contributed by atoms with Gasteiger partial charge >= 0.3 is 0 Å². The highest BCUT2D eigenvalue weighted by molar-refractivity contribution is 6.02. The van der Waals surface area contributed by atoms with Gasteiger partial charge in [-0.25, -0.2) is 9.67 Å². The molecule has 0 aliphatic carbocycles. The number of nitrogens with zero attached hydrogens (tertiary/aromatic N) is 4. The second kappa shape index (κ2) is 9.52. The molecule has 0 aliphatic heterocycles. The minimum absolute atomic E-state index is 0.0269. The van der Waals surface area contributed by atoms with Crippen LogP contribution in [0.4, 0.5) is 11.4 Å². The number of hydrogen-bond acceptors (Lipinski definition) is 6. The highest BCUT2D eigenvalue weighted by atomic mass is 16.6. The summed E-state index contributed by atoms with van der Waals surface area (Å²) in [6.07, 6.45) is 2.57. The molecule has 3 aromatic carbocycles. The Morgan fingerprint density at radius 1 is 0.970 bits per heavy atom. The van der Waals surface area contributed by atoms with Crippen molar-refractivity contribution in [3.05, 3.63) is 113 Å². The first-order chi connectivity index (χ1) is 16.0. The highest BCUT2D eigenvalue weighted by Gasteiger charge is 2.25. The van der Waals surface area contributed by atoms with Crippen LogP contribution >= 0.6 is 0 Å². The van der Waals surface area contributed by atoms with Crippen molar-refractivity contribution in [1.29, 1.82) is 0 Å². The number of carbonyl (C=O) groups is 2. The lowest BCUT2D eigenvalue weighted by molar-refractivity contribution is -0.384. The number of rotatable bonds is 7. The number of nitro benzene ring substituents is 1. The minimum atomic E-state index is -1.02. The quantitative estimate of drug-likeness (QED) is 0.333. The second-order valence-electron chi connectivity index (χ2n) is 6.97. The Morgan fingerprint density at radius 2 is 1.67 bits per heavy atom. The van der Waals surface area contributed by atoms with Crippen LogP contribution in [-0.4, -0.2) is 31.5 Å². The first kappa shape index (κ1) is 21.4. The van der Waals surface area contributed by atoms with Gasteiger partial charge in [-0.05, 0) is 29.8 Å². The summed E-state index contributed by atoms with van der Waals surface area (Å²) < 4.78 is 1.24. The van der Waals surface area contributed by atoms with Crippen molar-refractivity contribution in [2.45, 2.75) is 6.04 Å². The fraction of sp³-hybridized carbons (Fsp3) is 0.0435. The molecule has 0 spiro atoms. The van der Waals surface area contributed by atoms with Crippen LogP contribution < -0.4 is 10.6 Å². The average Bonchev–Trinajstić information content (AvgIpc) is 3.38. The molecular weight excluding hydrogens is 424 g/mol. The summed E-state index contributed by atoms with van der Waals surface area (Å²) in [5.74, 6) is -1.09. The Hall–Kier alpha value is -4.86. The standard InChI is InChI=1S/C23H18N6O4/c30-22(17-11-12-19(20(13-17)29(32)33)28-15-24-14-25-28)27-21(16-7-3-1-4-8-16)23(31)26-18-9-5-2-6-10-18/h1-15,21H,(H,26,31)(H,27,30). The normalized spacial score (nSPS) is 11.4. The third-order valence-corrected chi connectivity index (χ3v) is 4.81. The van der Waals surface area contributed by atoms with Crippen molar-refractivity contribution in [3.63, 3.8) is 0 Å². The first-order valence-electron chi connectivity index (χ1n) is 9.88. The number of hydrogen-bond donors (Lipinski definition) is 2. The van der Waals surface area contributed by atoms with Crippen LogP contribution in [0.3, 0.4) is 0 Å². The van der Waals surface area contributed by atoms with Crippen molar-refractivity contribution in [2.75, 3.05) is 5.32 Å². The van der Waals surface area contributed by atoms with Gasteiger partial charge < -0.3 is 10.6 Å². The molecule has 1 aromatic heterocycles. The summed E-state index contributed by atoms with van der Waals surface area (Å²) in [6.45, 7) is 0. The van der Waals surface area contributed by atoms with Crippen LogP contribution in [0.1, 0.15) is 22.0 Å². The van der Waals surface area contributed by atoms with E-state index in [1.807, 2.05) is 6.07 Å². The molecule has 0 fully saturated rings. The van der Waals surface area contributed by atoms with E-state index in [0.29, 0.717) is 11.3 Å². The smallest absolute Gasteiger partial charge is 0.295 e. The van der Waals surface area contributed by atoms with E-state index >= 15 is 0 Å². The zero-order valence-corrected chi connectivity index (χ0v) is 17.2. The summed E-state index contributed by atoms with van der Waals surface area (Å²) in [6, 6.07) is 20.5. The average molecular weight is 442 g/mol. The van der Waals surface area contributed by atoms with E-state index in [1.165, 1.54) is 29.5 Å². The third kappa shape index (κ3) is 4.90. The predicted octanol–water partition coefficient (Wildman–Crippen LogP) is 3.29. The molecule has 0 saturated heterocycles. The molecule has 1 unspecified atom stereocenters. The summed E-state index contributed by atoms with van der Waals surface area (Å²) in [7, 11) is 0. The number of para-hydroxylation sites is 1. The molecule has 2 N–H and O–H groups in total. The van der Waals surface area contributed by atoms with Crippen molar-refractivity contribution < 1.29 is 14.5 Å². The Labute approximate surface area is 188 Å². The maximum atomic E-state index is 13.0. The maximum Gasteiger partial charge on any atom is 0.295 e. The number of amides is 2. The predicted molar refractivity (Wildman–Crippen MR) is 120 cm³/mol. The number of nitrogens with one attached hydrogen (secondary N) is 2. The summed E-state index contributed by atoms with van der Waals surface area (Å²) in [5.41, 5.74) is 1.01. The third-order valence-electron chi connectivity index (χ3n) is 4.81. The van der Waals surface area contributed by atoms with Crippen molar-refractivity contribution >= 4 is 23.2 Å². The lowest BCUT2D eigenvalue weighted by atomic mass is 10.0. The molecule has 2 amide bonds. The van der Waals surface area contributed by atoms with Crippen molar-refractivity contribution in [1.82, 2.24) is 20.1 Å². The van der Waals surface area contributed by atoms with Gasteiger partial charge in [-0.15, -0.1) is 0 Å². The maximum absolute atomic E-state index is 13.0. The molecule has 0 radical (unpaired) electrons.